The van der Waals surface area contributed by atoms with E-state index in [1.165, 1.54) is 23.8 Å². The molecule has 22 heavy (non-hydrogen) atoms. The molecule has 0 spiro atoms. The third-order valence-electron chi connectivity index (χ3n) is 3.43. The summed E-state index contributed by atoms with van der Waals surface area (Å²) in [5.74, 6) is 3.66. The average molecular weight is 335 g/mol. The number of nitrogens with one attached hydrogen (secondary N) is 1. The van der Waals surface area contributed by atoms with Gasteiger partial charge in [0.25, 0.3) is 0 Å². The van der Waals surface area contributed by atoms with Crippen molar-refractivity contribution >= 4 is 40.2 Å². The zero-order chi connectivity index (χ0) is 15.5. The summed E-state index contributed by atoms with van der Waals surface area (Å²) in [6, 6.07) is 3.88. The predicted molar refractivity (Wildman–Crippen MR) is 89.2 cm³/mol. The monoisotopic (exact) mass is 335 g/mol. The molecule has 0 saturated heterocycles. The molecule has 2 aromatic rings. The molecule has 3 rings (SSSR count). The minimum absolute atomic E-state index is 0.234. The molecule has 1 fully saturated rings. The first-order valence-electron chi connectivity index (χ1n) is 7.20. The number of hydrogen-bond acceptors (Lipinski definition) is 6. The molecule has 1 saturated carbocycles. The van der Waals surface area contributed by atoms with Gasteiger partial charge in [0.1, 0.15) is 11.5 Å². The normalized spacial score (nSPS) is 20.5. The van der Waals surface area contributed by atoms with Gasteiger partial charge in [-0.2, -0.15) is 0 Å². The van der Waals surface area contributed by atoms with Gasteiger partial charge in [-0.1, -0.05) is 36.9 Å². The van der Waals surface area contributed by atoms with Crippen molar-refractivity contribution in [3.8, 4) is 0 Å². The summed E-state index contributed by atoms with van der Waals surface area (Å²) in [5.41, 5.74) is 0. The second-order valence-electron chi connectivity index (χ2n) is 5.19. The van der Waals surface area contributed by atoms with Crippen LogP contribution in [-0.4, -0.2) is 21.9 Å². The van der Waals surface area contributed by atoms with Crippen molar-refractivity contribution in [3.05, 3.63) is 29.7 Å². The Morgan fingerprint density at radius 1 is 1.55 bits per heavy atom. The van der Waals surface area contributed by atoms with E-state index in [0.717, 1.165) is 15.9 Å². The highest BCUT2D eigenvalue weighted by Gasteiger charge is 2.36. The maximum absolute atomic E-state index is 11.9. The van der Waals surface area contributed by atoms with Crippen LogP contribution in [0.2, 0.25) is 0 Å². The number of nitrogens with zero attached hydrogens (tertiary/aromatic N) is 2. The van der Waals surface area contributed by atoms with E-state index in [9.17, 15) is 4.79 Å². The van der Waals surface area contributed by atoms with Gasteiger partial charge in [0, 0.05) is 12.0 Å². The van der Waals surface area contributed by atoms with Crippen LogP contribution in [0.15, 0.2) is 27.0 Å². The Kier molecular flexibility index (Phi) is 4.63. The van der Waals surface area contributed by atoms with Gasteiger partial charge in [0.15, 0.2) is 4.34 Å². The molecule has 0 bridgehead atoms. The van der Waals surface area contributed by atoms with Crippen LogP contribution in [0.5, 0.6) is 0 Å². The first-order valence-corrected chi connectivity index (χ1v) is 9.01. The molecule has 116 valence electrons. The molecule has 7 heteroatoms. The summed E-state index contributed by atoms with van der Waals surface area (Å²) in [6.07, 6.45) is 4.31. The molecule has 1 amide bonds. The van der Waals surface area contributed by atoms with Crippen molar-refractivity contribution < 1.29 is 9.21 Å². The molecule has 1 aliphatic carbocycles. The van der Waals surface area contributed by atoms with Crippen molar-refractivity contribution in [2.24, 2.45) is 5.92 Å². The highest BCUT2D eigenvalue weighted by molar-refractivity contribution is 8.01. The van der Waals surface area contributed by atoms with E-state index >= 15 is 0 Å². The summed E-state index contributed by atoms with van der Waals surface area (Å²) >= 11 is 2.98. The van der Waals surface area contributed by atoms with Crippen LogP contribution in [0, 0.1) is 5.92 Å². The molecule has 2 atom stereocenters. The highest BCUT2D eigenvalue weighted by Crippen LogP contribution is 2.47. The van der Waals surface area contributed by atoms with Crippen molar-refractivity contribution in [2.75, 3.05) is 11.1 Å². The van der Waals surface area contributed by atoms with E-state index in [0.29, 0.717) is 22.7 Å². The predicted octanol–water partition coefficient (Wildman–Crippen LogP) is 4.02. The van der Waals surface area contributed by atoms with Gasteiger partial charge in [-0.15, -0.1) is 10.2 Å². The standard InChI is InChI=1S/C15H17N3O2S2/c1-3-21-15-18-17-14(22-15)16-13(19)7-5-10-4-6-12(20-10)11-8-9(11)2/h4-7,9,11H,3,8H2,1-2H3,(H,16,17,19). The van der Waals surface area contributed by atoms with Gasteiger partial charge in [-0.05, 0) is 36.3 Å². The number of furan rings is 1. The zero-order valence-electron chi connectivity index (χ0n) is 12.4. The minimum atomic E-state index is -0.234. The number of amides is 1. The van der Waals surface area contributed by atoms with Crippen LogP contribution in [0.3, 0.4) is 0 Å². The fraction of sp³-hybridized carbons (Fsp3) is 0.400. The second-order valence-corrected chi connectivity index (χ2v) is 7.68. The van der Waals surface area contributed by atoms with Gasteiger partial charge in [0.2, 0.25) is 11.0 Å². The largest absolute Gasteiger partial charge is 0.461 e. The SMILES string of the molecule is CCSc1nnc(NC(=O)C=Cc2ccc(C3CC3C)o2)s1. The lowest BCUT2D eigenvalue weighted by atomic mass is 10.3. The summed E-state index contributed by atoms with van der Waals surface area (Å²) in [5, 5.41) is 11.1. The maximum atomic E-state index is 11.9. The topological polar surface area (TPSA) is 68.0 Å². The Morgan fingerprint density at radius 2 is 2.36 bits per heavy atom. The van der Waals surface area contributed by atoms with Crippen molar-refractivity contribution in [3.63, 3.8) is 0 Å². The van der Waals surface area contributed by atoms with E-state index in [1.807, 2.05) is 19.1 Å². The lowest BCUT2D eigenvalue weighted by Gasteiger charge is -1.94. The smallest absolute Gasteiger partial charge is 0.250 e. The number of rotatable bonds is 6. The summed E-state index contributed by atoms with van der Waals surface area (Å²) < 4.78 is 6.58. The molecule has 0 radical (unpaired) electrons. The number of thioether (sulfide) groups is 1. The van der Waals surface area contributed by atoms with Gasteiger partial charge in [0.05, 0.1) is 0 Å². The highest BCUT2D eigenvalue weighted by atomic mass is 32.2. The number of anilines is 1. The number of aromatic nitrogens is 2. The van der Waals surface area contributed by atoms with E-state index in [-0.39, 0.29) is 5.91 Å². The lowest BCUT2D eigenvalue weighted by Crippen LogP contribution is -2.07. The van der Waals surface area contributed by atoms with Gasteiger partial charge in [-0.3, -0.25) is 10.1 Å². The fourth-order valence-corrected chi connectivity index (χ4v) is 3.77. The van der Waals surface area contributed by atoms with Crippen LogP contribution in [0.4, 0.5) is 5.13 Å². The Morgan fingerprint density at radius 3 is 3.09 bits per heavy atom. The van der Waals surface area contributed by atoms with E-state index in [4.69, 9.17) is 4.42 Å². The molecule has 1 aliphatic rings. The first-order chi connectivity index (χ1) is 10.7. The second kappa shape index (κ2) is 6.66. The summed E-state index contributed by atoms with van der Waals surface area (Å²) in [6.45, 7) is 4.26. The summed E-state index contributed by atoms with van der Waals surface area (Å²) in [4.78, 5) is 11.9. The third kappa shape index (κ3) is 3.78. The molecule has 0 aromatic carbocycles. The molecule has 0 aliphatic heterocycles. The van der Waals surface area contributed by atoms with Crippen molar-refractivity contribution in [1.29, 1.82) is 0 Å². The van der Waals surface area contributed by atoms with E-state index in [2.05, 4.69) is 22.4 Å². The van der Waals surface area contributed by atoms with Gasteiger partial charge < -0.3 is 4.42 Å². The van der Waals surface area contributed by atoms with E-state index in [1.54, 1.807) is 17.8 Å². The lowest BCUT2D eigenvalue weighted by molar-refractivity contribution is -0.111. The molecular weight excluding hydrogens is 318 g/mol. The minimum Gasteiger partial charge on any atom is -0.461 e. The fourth-order valence-electron chi connectivity index (χ4n) is 2.12. The Labute approximate surface area is 137 Å². The molecule has 2 aromatic heterocycles. The van der Waals surface area contributed by atoms with Crippen LogP contribution in [0.25, 0.3) is 6.08 Å². The Hall–Kier alpha value is -1.60. The number of hydrogen-bond donors (Lipinski definition) is 1. The average Bonchev–Trinajstić information content (AvgIpc) is 2.92. The number of carbonyl (C=O) groups excluding carboxylic acids is 1. The number of carbonyl (C=O) groups is 1. The summed E-state index contributed by atoms with van der Waals surface area (Å²) in [7, 11) is 0. The first kappa shape index (κ1) is 15.3. The third-order valence-corrected chi connectivity index (χ3v) is 5.28. The quantitative estimate of drug-likeness (QED) is 0.490. The molecule has 5 nitrogen and oxygen atoms in total. The van der Waals surface area contributed by atoms with Crippen molar-refractivity contribution in [2.45, 2.75) is 30.5 Å². The molecule has 1 N–H and O–H groups in total. The van der Waals surface area contributed by atoms with Crippen LogP contribution in [0.1, 0.15) is 37.7 Å². The van der Waals surface area contributed by atoms with Gasteiger partial charge in [-0.25, -0.2) is 0 Å². The van der Waals surface area contributed by atoms with Crippen LogP contribution < -0.4 is 5.32 Å². The van der Waals surface area contributed by atoms with E-state index < -0.39 is 0 Å². The van der Waals surface area contributed by atoms with Gasteiger partial charge >= 0.3 is 0 Å². The maximum Gasteiger partial charge on any atom is 0.250 e. The van der Waals surface area contributed by atoms with Crippen LogP contribution >= 0.6 is 23.1 Å². The Bertz CT molecular complexity index is 693. The zero-order valence-corrected chi connectivity index (χ0v) is 14.0. The Balaban J connectivity index is 1.55. The van der Waals surface area contributed by atoms with Crippen molar-refractivity contribution in [1.82, 2.24) is 10.2 Å². The molecule has 2 unspecified atom stereocenters. The molecule has 2 heterocycles. The molecular formula is C15H17N3O2S2. The van der Waals surface area contributed by atoms with Crippen LogP contribution in [-0.2, 0) is 4.79 Å².